The molecule has 0 aliphatic heterocycles. The van der Waals surface area contributed by atoms with Gasteiger partial charge in [-0.25, -0.2) is 9.48 Å². The first-order valence-electron chi connectivity index (χ1n) is 6.21. The Balaban J connectivity index is 2.01. The molecular formula is C14H12N4O2. The molecule has 0 N–H and O–H groups in total. The van der Waals surface area contributed by atoms with Crippen molar-refractivity contribution in [2.75, 3.05) is 6.61 Å². The van der Waals surface area contributed by atoms with Crippen molar-refractivity contribution in [3.05, 3.63) is 48.5 Å². The molecule has 6 nitrogen and oxygen atoms in total. The minimum absolute atomic E-state index is 0.336. The Morgan fingerprint density at radius 2 is 2.05 bits per heavy atom. The van der Waals surface area contributed by atoms with Gasteiger partial charge in [0.2, 0.25) is 0 Å². The lowest BCUT2D eigenvalue weighted by atomic mass is 10.2. The molecule has 0 aliphatic rings. The molecule has 20 heavy (non-hydrogen) atoms. The van der Waals surface area contributed by atoms with Crippen molar-refractivity contribution in [3.8, 4) is 5.69 Å². The van der Waals surface area contributed by atoms with E-state index in [0.717, 1.165) is 5.69 Å². The van der Waals surface area contributed by atoms with Crippen molar-refractivity contribution in [1.29, 1.82) is 0 Å². The maximum Gasteiger partial charge on any atom is 0.339 e. The Kier molecular flexibility index (Phi) is 3.12. The Bertz CT molecular complexity index is 753. The molecule has 0 aromatic carbocycles. The SMILES string of the molecule is CCOC(=O)c1cnc2cc(-n3cccn3)cnc2c1. The van der Waals surface area contributed by atoms with Gasteiger partial charge < -0.3 is 4.74 Å². The molecule has 3 aromatic rings. The fraction of sp³-hybridized carbons (Fsp3) is 0.143. The molecule has 0 unspecified atom stereocenters. The number of nitrogens with zero attached hydrogens (tertiary/aromatic N) is 4. The number of aromatic nitrogens is 4. The van der Waals surface area contributed by atoms with Crippen LogP contribution in [-0.2, 0) is 4.74 Å². The zero-order chi connectivity index (χ0) is 13.9. The minimum Gasteiger partial charge on any atom is -0.462 e. The van der Waals surface area contributed by atoms with Crippen LogP contribution in [0.2, 0.25) is 0 Å². The summed E-state index contributed by atoms with van der Waals surface area (Å²) >= 11 is 0. The Labute approximate surface area is 115 Å². The van der Waals surface area contributed by atoms with Crippen LogP contribution in [0.4, 0.5) is 0 Å². The summed E-state index contributed by atoms with van der Waals surface area (Å²) in [6.45, 7) is 2.10. The van der Waals surface area contributed by atoms with Crippen molar-refractivity contribution in [2.45, 2.75) is 6.92 Å². The van der Waals surface area contributed by atoms with Gasteiger partial charge in [-0.05, 0) is 25.1 Å². The van der Waals surface area contributed by atoms with Crippen molar-refractivity contribution >= 4 is 17.0 Å². The second kappa shape index (κ2) is 5.08. The molecule has 0 aliphatic carbocycles. The van der Waals surface area contributed by atoms with E-state index in [-0.39, 0.29) is 5.97 Å². The van der Waals surface area contributed by atoms with E-state index in [1.54, 1.807) is 30.1 Å². The van der Waals surface area contributed by atoms with E-state index in [2.05, 4.69) is 15.1 Å². The normalized spacial score (nSPS) is 10.7. The molecule has 6 heteroatoms. The van der Waals surface area contributed by atoms with Gasteiger partial charge in [0.15, 0.2) is 0 Å². The van der Waals surface area contributed by atoms with E-state index in [1.807, 2.05) is 18.3 Å². The van der Waals surface area contributed by atoms with Crippen LogP contribution in [0.3, 0.4) is 0 Å². The van der Waals surface area contributed by atoms with Gasteiger partial charge in [-0.3, -0.25) is 9.97 Å². The fourth-order valence-corrected chi connectivity index (χ4v) is 1.86. The van der Waals surface area contributed by atoms with Gasteiger partial charge in [0, 0.05) is 18.6 Å². The summed E-state index contributed by atoms with van der Waals surface area (Å²) in [5, 5.41) is 4.14. The topological polar surface area (TPSA) is 69.9 Å². The molecular weight excluding hydrogens is 256 g/mol. The second-order valence-electron chi connectivity index (χ2n) is 4.13. The average Bonchev–Trinajstić information content (AvgIpc) is 3.00. The summed E-state index contributed by atoms with van der Waals surface area (Å²) in [5.41, 5.74) is 2.56. The summed E-state index contributed by atoms with van der Waals surface area (Å²) in [6, 6.07) is 5.37. The summed E-state index contributed by atoms with van der Waals surface area (Å²) < 4.78 is 6.64. The number of hydrogen-bond donors (Lipinski definition) is 0. The van der Waals surface area contributed by atoms with Crippen LogP contribution >= 0.6 is 0 Å². The second-order valence-corrected chi connectivity index (χ2v) is 4.13. The van der Waals surface area contributed by atoms with Crippen molar-refractivity contribution in [1.82, 2.24) is 19.7 Å². The van der Waals surface area contributed by atoms with Crippen LogP contribution < -0.4 is 0 Å². The highest BCUT2D eigenvalue weighted by Crippen LogP contribution is 2.15. The van der Waals surface area contributed by atoms with Gasteiger partial charge in [-0.15, -0.1) is 0 Å². The van der Waals surface area contributed by atoms with Gasteiger partial charge >= 0.3 is 5.97 Å². The number of hydrogen-bond acceptors (Lipinski definition) is 5. The molecule has 0 radical (unpaired) electrons. The van der Waals surface area contributed by atoms with Gasteiger partial charge in [0.25, 0.3) is 0 Å². The quantitative estimate of drug-likeness (QED) is 0.679. The molecule has 0 saturated heterocycles. The lowest BCUT2D eigenvalue weighted by molar-refractivity contribution is 0.0526. The molecule has 3 heterocycles. The highest BCUT2D eigenvalue weighted by atomic mass is 16.5. The van der Waals surface area contributed by atoms with E-state index < -0.39 is 0 Å². The lowest BCUT2D eigenvalue weighted by Crippen LogP contribution is -2.05. The highest BCUT2D eigenvalue weighted by Gasteiger charge is 2.09. The Hall–Kier alpha value is -2.76. The number of carbonyl (C=O) groups is 1. The van der Waals surface area contributed by atoms with E-state index in [4.69, 9.17) is 4.74 Å². The van der Waals surface area contributed by atoms with Gasteiger partial charge in [-0.1, -0.05) is 0 Å². The molecule has 0 spiro atoms. The van der Waals surface area contributed by atoms with Crippen molar-refractivity contribution in [2.24, 2.45) is 0 Å². The fourth-order valence-electron chi connectivity index (χ4n) is 1.86. The molecule has 100 valence electrons. The summed E-state index contributed by atoms with van der Waals surface area (Å²) in [5.74, 6) is -0.389. The predicted molar refractivity (Wildman–Crippen MR) is 72.6 cm³/mol. The average molecular weight is 268 g/mol. The number of fused-ring (bicyclic) bond motifs is 1. The Morgan fingerprint density at radius 1 is 1.25 bits per heavy atom. The maximum atomic E-state index is 11.6. The molecule has 0 bridgehead atoms. The van der Waals surface area contributed by atoms with Gasteiger partial charge in [0.05, 0.1) is 35.1 Å². The first-order valence-corrected chi connectivity index (χ1v) is 6.21. The third-order valence-electron chi connectivity index (χ3n) is 2.80. The zero-order valence-electron chi connectivity index (χ0n) is 10.9. The third-order valence-corrected chi connectivity index (χ3v) is 2.80. The smallest absolute Gasteiger partial charge is 0.339 e. The van der Waals surface area contributed by atoms with Crippen LogP contribution in [-0.4, -0.2) is 32.3 Å². The maximum absolute atomic E-state index is 11.6. The minimum atomic E-state index is -0.389. The third kappa shape index (κ3) is 2.23. The monoisotopic (exact) mass is 268 g/mol. The molecule has 0 saturated carbocycles. The van der Waals surface area contributed by atoms with E-state index in [1.165, 1.54) is 6.20 Å². The molecule has 0 atom stereocenters. The number of rotatable bonds is 3. The van der Waals surface area contributed by atoms with Crippen molar-refractivity contribution in [3.63, 3.8) is 0 Å². The number of esters is 1. The molecule has 0 amide bonds. The predicted octanol–water partition coefficient (Wildman–Crippen LogP) is 1.99. The zero-order valence-corrected chi connectivity index (χ0v) is 10.9. The van der Waals surface area contributed by atoms with E-state index >= 15 is 0 Å². The van der Waals surface area contributed by atoms with E-state index in [0.29, 0.717) is 23.2 Å². The summed E-state index contributed by atoms with van der Waals surface area (Å²) in [6.07, 6.45) is 6.71. The molecule has 0 fully saturated rings. The van der Waals surface area contributed by atoms with Crippen LogP contribution in [0.5, 0.6) is 0 Å². The van der Waals surface area contributed by atoms with Gasteiger partial charge in [0.1, 0.15) is 0 Å². The highest BCUT2D eigenvalue weighted by molar-refractivity contribution is 5.92. The summed E-state index contributed by atoms with van der Waals surface area (Å²) in [4.78, 5) is 20.2. The molecule has 3 rings (SSSR count). The van der Waals surface area contributed by atoms with Crippen molar-refractivity contribution < 1.29 is 9.53 Å². The Morgan fingerprint density at radius 3 is 2.80 bits per heavy atom. The number of ether oxygens (including phenoxy) is 1. The number of pyridine rings is 2. The van der Waals surface area contributed by atoms with Crippen LogP contribution in [0.15, 0.2) is 43.0 Å². The standard InChI is InChI=1S/C14H12N4O2/c1-2-20-14(19)10-6-12-13(15-8-10)7-11(9-16-12)18-5-3-4-17-18/h3-9H,2H2,1H3. The van der Waals surface area contributed by atoms with E-state index in [9.17, 15) is 4.79 Å². The van der Waals surface area contributed by atoms with Crippen LogP contribution in [0.1, 0.15) is 17.3 Å². The number of carbonyl (C=O) groups excluding carboxylic acids is 1. The molecule has 3 aromatic heterocycles. The van der Waals surface area contributed by atoms with Crippen LogP contribution in [0.25, 0.3) is 16.7 Å². The summed E-state index contributed by atoms with van der Waals surface area (Å²) in [7, 11) is 0. The largest absolute Gasteiger partial charge is 0.462 e. The van der Waals surface area contributed by atoms with Gasteiger partial charge in [-0.2, -0.15) is 5.10 Å². The first-order chi connectivity index (χ1) is 9.78. The first kappa shape index (κ1) is 12.3. The lowest BCUT2D eigenvalue weighted by Gasteiger charge is -2.05. The van der Waals surface area contributed by atoms with Crippen LogP contribution in [0, 0.1) is 0 Å².